The van der Waals surface area contributed by atoms with E-state index in [9.17, 15) is 13.2 Å². The molecule has 2 amide bonds. The average molecular weight is 413 g/mol. The molecule has 1 unspecified atom stereocenters. The molecule has 138 valence electrons. The molecule has 2 aromatic carbocycles. The zero-order chi connectivity index (χ0) is 18.7. The SMILES string of the molecule is O=C(Nc1ccc(Cl)c(Cl)c1)N1CCCC1CS(=O)(=O)c1ccccc1. The molecule has 0 spiro atoms. The maximum atomic E-state index is 12.6. The van der Waals surface area contributed by atoms with E-state index >= 15 is 0 Å². The number of carbonyl (C=O) groups is 1. The first-order valence-electron chi connectivity index (χ1n) is 8.17. The summed E-state index contributed by atoms with van der Waals surface area (Å²) < 4.78 is 25.2. The van der Waals surface area contributed by atoms with Crippen LogP contribution < -0.4 is 5.32 Å². The van der Waals surface area contributed by atoms with Gasteiger partial charge in [0.15, 0.2) is 9.84 Å². The molecular weight excluding hydrogens is 395 g/mol. The van der Waals surface area contributed by atoms with Crippen LogP contribution in [0.3, 0.4) is 0 Å². The van der Waals surface area contributed by atoms with Gasteiger partial charge >= 0.3 is 6.03 Å². The fraction of sp³-hybridized carbons (Fsp3) is 0.278. The molecule has 1 N–H and O–H groups in total. The number of likely N-dealkylation sites (tertiary alicyclic amines) is 1. The third-order valence-corrected chi connectivity index (χ3v) is 6.88. The van der Waals surface area contributed by atoms with Gasteiger partial charge in [0.05, 0.1) is 20.7 Å². The van der Waals surface area contributed by atoms with E-state index < -0.39 is 9.84 Å². The van der Waals surface area contributed by atoms with Gasteiger partial charge in [-0.1, -0.05) is 41.4 Å². The first kappa shape index (κ1) is 19.0. The summed E-state index contributed by atoms with van der Waals surface area (Å²) in [6.07, 6.45) is 1.42. The summed E-state index contributed by atoms with van der Waals surface area (Å²) in [5.41, 5.74) is 0.515. The molecule has 5 nitrogen and oxygen atoms in total. The highest BCUT2D eigenvalue weighted by Crippen LogP contribution is 2.27. The van der Waals surface area contributed by atoms with Crippen LogP contribution in [0, 0.1) is 0 Å². The van der Waals surface area contributed by atoms with Gasteiger partial charge in [-0.2, -0.15) is 0 Å². The van der Waals surface area contributed by atoms with Crippen LogP contribution in [0.2, 0.25) is 10.0 Å². The summed E-state index contributed by atoms with van der Waals surface area (Å²) in [7, 11) is -3.46. The van der Waals surface area contributed by atoms with Gasteiger partial charge < -0.3 is 10.2 Å². The van der Waals surface area contributed by atoms with E-state index in [-0.39, 0.29) is 22.7 Å². The van der Waals surface area contributed by atoms with Gasteiger partial charge in [0.2, 0.25) is 0 Å². The highest BCUT2D eigenvalue weighted by Gasteiger charge is 2.33. The molecule has 26 heavy (non-hydrogen) atoms. The molecule has 1 fully saturated rings. The number of anilines is 1. The fourth-order valence-electron chi connectivity index (χ4n) is 3.02. The average Bonchev–Trinajstić information content (AvgIpc) is 3.06. The van der Waals surface area contributed by atoms with E-state index in [0.29, 0.717) is 28.7 Å². The molecule has 0 saturated carbocycles. The van der Waals surface area contributed by atoms with Crippen molar-refractivity contribution >= 4 is 44.8 Å². The number of rotatable bonds is 4. The molecule has 3 rings (SSSR count). The maximum absolute atomic E-state index is 12.6. The lowest BCUT2D eigenvalue weighted by Gasteiger charge is -2.25. The summed E-state index contributed by atoms with van der Waals surface area (Å²) in [4.78, 5) is 14.4. The van der Waals surface area contributed by atoms with E-state index in [1.54, 1.807) is 53.4 Å². The van der Waals surface area contributed by atoms with Gasteiger partial charge in [0, 0.05) is 18.3 Å². The highest BCUT2D eigenvalue weighted by molar-refractivity contribution is 7.91. The van der Waals surface area contributed by atoms with Gasteiger partial charge in [-0.25, -0.2) is 13.2 Å². The Morgan fingerprint density at radius 2 is 1.85 bits per heavy atom. The molecule has 1 saturated heterocycles. The second-order valence-corrected chi connectivity index (χ2v) is 8.99. The van der Waals surface area contributed by atoms with Crippen molar-refractivity contribution in [3.8, 4) is 0 Å². The Bertz CT molecular complexity index is 904. The van der Waals surface area contributed by atoms with Crippen molar-refractivity contribution in [2.24, 2.45) is 0 Å². The summed E-state index contributed by atoms with van der Waals surface area (Å²) in [6, 6.07) is 12.4. The largest absolute Gasteiger partial charge is 0.322 e. The maximum Gasteiger partial charge on any atom is 0.322 e. The number of hydrogen-bond donors (Lipinski definition) is 1. The number of sulfone groups is 1. The number of carbonyl (C=O) groups excluding carboxylic acids is 1. The van der Waals surface area contributed by atoms with Crippen molar-refractivity contribution in [2.75, 3.05) is 17.6 Å². The standard InChI is InChI=1S/C18H18Cl2N2O3S/c19-16-9-8-13(11-17(16)20)21-18(23)22-10-4-5-14(22)12-26(24,25)15-6-2-1-3-7-15/h1-3,6-9,11,14H,4-5,10,12H2,(H,21,23). The zero-order valence-electron chi connectivity index (χ0n) is 13.9. The first-order chi connectivity index (χ1) is 12.4. The number of benzene rings is 2. The van der Waals surface area contributed by atoms with E-state index in [0.717, 1.165) is 6.42 Å². The van der Waals surface area contributed by atoms with Crippen LogP contribution >= 0.6 is 23.2 Å². The van der Waals surface area contributed by atoms with Gasteiger partial charge in [-0.3, -0.25) is 0 Å². The van der Waals surface area contributed by atoms with E-state index in [1.807, 2.05) is 0 Å². The Hall–Kier alpha value is -1.76. The van der Waals surface area contributed by atoms with Crippen molar-refractivity contribution in [1.29, 1.82) is 0 Å². The van der Waals surface area contributed by atoms with Gasteiger partial charge in [0.1, 0.15) is 0 Å². The van der Waals surface area contributed by atoms with Crippen LogP contribution in [-0.4, -0.2) is 37.7 Å². The smallest absolute Gasteiger partial charge is 0.321 e. The third kappa shape index (κ3) is 4.31. The van der Waals surface area contributed by atoms with E-state index in [4.69, 9.17) is 23.2 Å². The normalized spacial score (nSPS) is 17.3. The van der Waals surface area contributed by atoms with Crippen LogP contribution in [0.5, 0.6) is 0 Å². The Morgan fingerprint density at radius 3 is 2.54 bits per heavy atom. The van der Waals surface area contributed by atoms with Gasteiger partial charge in [0.25, 0.3) is 0 Å². The van der Waals surface area contributed by atoms with Crippen LogP contribution in [0.1, 0.15) is 12.8 Å². The topological polar surface area (TPSA) is 66.5 Å². The summed E-state index contributed by atoms with van der Waals surface area (Å²) in [5, 5.41) is 3.50. The molecule has 0 aliphatic carbocycles. The Kier molecular flexibility index (Phi) is 5.75. The molecule has 0 radical (unpaired) electrons. The lowest BCUT2D eigenvalue weighted by molar-refractivity contribution is 0.210. The number of amides is 2. The number of nitrogens with zero attached hydrogens (tertiary/aromatic N) is 1. The summed E-state index contributed by atoms with van der Waals surface area (Å²) in [5.74, 6) is -0.0915. The minimum Gasteiger partial charge on any atom is -0.321 e. The molecule has 1 atom stereocenters. The third-order valence-electron chi connectivity index (χ3n) is 4.32. The molecule has 0 bridgehead atoms. The Morgan fingerprint density at radius 1 is 1.12 bits per heavy atom. The Labute approximate surface area is 162 Å². The second-order valence-electron chi connectivity index (χ2n) is 6.14. The van der Waals surface area contributed by atoms with Crippen molar-refractivity contribution in [3.63, 3.8) is 0 Å². The number of urea groups is 1. The minimum atomic E-state index is -3.46. The molecule has 2 aromatic rings. The quantitative estimate of drug-likeness (QED) is 0.805. The fourth-order valence-corrected chi connectivity index (χ4v) is 4.94. The van der Waals surface area contributed by atoms with Crippen molar-refractivity contribution in [2.45, 2.75) is 23.8 Å². The number of halogens is 2. The van der Waals surface area contributed by atoms with Crippen LogP contribution in [-0.2, 0) is 9.84 Å². The van der Waals surface area contributed by atoms with Crippen LogP contribution in [0.4, 0.5) is 10.5 Å². The number of hydrogen-bond acceptors (Lipinski definition) is 3. The van der Waals surface area contributed by atoms with Crippen molar-refractivity contribution < 1.29 is 13.2 Å². The predicted molar refractivity (Wildman–Crippen MR) is 104 cm³/mol. The molecule has 0 aromatic heterocycles. The molecule has 8 heteroatoms. The Balaban J connectivity index is 1.71. The molecule has 1 aliphatic heterocycles. The summed E-state index contributed by atoms with van der Waals surface area (Å²) in [6.45, 7) is 0.516. The number of nitrogens with one attached hydrogen (secondary N) is 1. The monoisotopic (exact) mass is 412 g/mol. The minimum absolute atomic E-state index is 0.0915. The van der Waals surface area contributed by atoms with E-state index in [1.165, 1.54) is 0 Å². The molecule has 1 heterocycles. The van der Waals surface area contributed by atoms with E-state index in [2.05, 4.69) is 5.32 Å². The lowest BCUT2D eigenvalue weighted by atomic mass is 10.2. The van der Waals surface area contributed by atoms with Crippen molar-refractivity contribution in [3.05, 3.63) is 58.6 Å². The zero-order valence-corrected chi connectivity index (χ0v) is 16.2. The van der Waals surface area contributed by atoms with Gasteiger partial charge in [-0.05, 0) is 43.2 Å². The van der Waals surface area contributed by atoms with Crippen LogP contribution in [0.25, 0.3) is 0 Å². The lowest BCUT2D eigenvalue weighted by Crippen LogP contribution is -2.42. The molecule has 1 aliphatic rings. The predicted octanol–water partition coefficient (Wildman–Crippen LogP) is 4.46. The van der Waals surface area contributed by atoms with Crippen LogP contribution in [0.15, 0.2) is 53.4 Å². The summed E-state index contributed by atoms with van der Waals surface area (Å²) >= 11 is 11.8. The first-order valence-corrected chi connectivity index (χ1v) is 10.6. The highest BCUT2D eigenvalue weighted by atomic mass is 35.5. The molecular formula is C18H18Cl2N2O3S. The second kappa shape index (κ2) is 7.86. The van der Waals surface area contributed by atoms with Crippen molar-refractivity contribution in [1.82, 2.24) is 4.90 Å². The van der Waals surface area contributed by atoms with Gasteiger partial charge in [-0.15, -0.1) is 0 Å².